The Morgan fingerprint density at radius 2 is 1.65 bits per heavy atom. The Kier molecular flexibility index (Phi) is 10.8. The molecule has 51 heavy (non-hydrogen) atoms. The monoisotopic (exact) mass is 684 g/mol. The van der Waals surface area contributed by atoms with Crippen molar-refractivity contribution in [3.8, 4) is 22.5 Å². The molecular weight excluding hydrogens is 640 g/mol. The Morgan fingerprint density at radius 1 is 0.843 bits per heavy atom. The lowest BCUT2D eigenvalue weighted by atomic mass is 10.0. The Balaban J connectivity index is 1.12. The minimum absolute atomic E-state index is 0.119. The van der Waals surface area contributed by atoms with Crippen LogP contribution in [-0.4, -0.2) is 101 Å². The molecule has 2 aromatic heterocycles. The number of hydrogen-bond acceptors (Lipinski definition) is 8. The highest BCUT2D eigenvalue weighted by Gasteiger charge is 2.20. The lowest BCUT2D eigenvalue weighted by molar-refractivity contribution is 0.0338. The summed E-state index contributed by atoms with van der Waals surface area (Å²) in [5.41, 5.74) is 6.89. The smallest absolute Gasteiger partial charge is 0.255 e. The minimum Gasteiger partial charge on any atom is -0.379 e. The van der Waals surface area contributed by atoms with Crippen LogP contribution in [0.2, 0.25) is 0 Å². The number of anilines is 2. The molecule has 0 atom stereocenters. The van der Waals surface area contributed by atoms with Gasteiger partial charge in [0.1, 0.15) is 5.69 Å². The summed E-state index contributed by atoms with van der Waals surface area (Å²) in [6.07, 6.45) is 7.24. The van der Waals surface area contributed by atoms with Gasteiger partial charge in [-0.1, -0.05) is 41.6 Å². The van der Waals surface area contributed by atoms with Crippen molar-refractivity contribution in [3.05, 3.63) is 114 Å². The molecule has 0 spiro atoms. The third-order valence-electron chi connectivity index (χ3n) is 9.60. The number of pyridine rings is 1. The van der Waals surface area contributed by atoms with E-state index in [9.17, 15) is 9.59 Å². The fourth-order valence-corrected chi connectivity index (χ4v) is 6.64. The molecule has 0 saturated carbocycles. The number of ether oxygens (including phenoxy) is 1. The van der Waals surface area contributed by atoms with Gasteiger partial charge in [-0.3, -0.25) is 19.5 Å². The number of rotatable bonds is 11. The molecule has 2 saturated heterocycles. The van der Waals surface area contributed by atoms with Gasteiger partial charge in [0, 0.05) is 80.5 Å². The predicted octanol–water partition coefficient (Wildman–Crippen LogP) is 5.70. The van der Waals surface area contributed by atoms with Crippen molar-refractivity contribution in [2.75, 3.05) is 69.7 Å². The van der Waals surface area contributed by atoms with E-state index in [-0.39, 0.29) is 11.8 Å². The zero-order valence-electron chi connectivity index (χ0n) is 29.1. The van der Waals surface area contributed by atoms with E-state index in [2.05, 4.69) is 49.7 Å². The van der Waals surface area contributed by atoms with Crippen molar-refractivity contribution in [2.45, 2.75) is 25.8 Å². The molecule has 2 fully saturated rings. The fraction of sp³-hybridized carbons (Fsp3) is 0.325. The lowest BCUT2D eigenvalue weighted by Crippen LogP contribution is -2.41. The first kappa shape index (κ1) is 34.1. The standard InChI is InChI=1S/C40H44N8O3/c1-45(19-20-46-21-23-51-24-22-46)40(50)33-12-8-11-32(25-33)39(49)42-36-14-13-34(47-17-6-3-7-18-47)27-35(36)37-26-31(15-16-41-37)38-29-48(44-43-38)28-30-9-4-2-5-10-30/h2,4-5,8-16,25-27,29H,3,6-7,17-24,28H2,1H3,(H,42,49). The number of likely N-dealkylation sites (N-methyl/N-ethyl adjacent to an activating group) is 1. The third kappa shape index (κ3) is 8.50. The van der Waals surface area contributed by atoms with Crippen LogP contribution in [-0.2, 0) is 11.3 Å². The zero-order valence-corrected chi connectivity index (χ0v) is 29.1. The maximum absolute atomic E-state index is 13.8. The second-order valence-corrected chi connectivity index (χ2v) is 13.2. The van der Waals surface area contributed by atoms with Crippen LogP contribution in [0.1, 0.15) is 45.5 Å². The van der Waals surface area contributed by atoms with Gasteiger partial charge in [0.2, 0.25) is 0 Å². The summed E-state index contributed by atoms with van der Waals surface area (Å²) in [4.78, 5) is 38.3. The first-order valence-corrected chi connectivity index (χ1v) is 17.8. The SMILES string of the molecule is CN(CCN1CCOCC1)C(=O)c1cccc(C(=O)Nc2ccc(N3CCCCC3)cc2-c2cc(-c3cn(Cc4ccccc4)nn3)ccn2)c1. The summed E-state index contributed by atoms with van der Waals surface area (Å²) >= 11 is 0. The van der Waals surface area contributed by atoms with Gasteiger partial charge < -0.3 is 19.9 Å². The predicted molar refractivity (Wildman–Crippen MR) is 199 cm³/mol. The van der Waals surface area contributed by atoms with Gasteiger partial charge in [0.05, 0.1) is 37.3 Å². The Bertz CT molecular complexity index is 1950. The minimum atomic E-state index is -0.299. The van der Waals surface area contributed by atoms with Crippen LogP contribution < -0.4 is 10.2 Å². The molecule has 0 aliphatic carbocycles. The molecule has 262 valence electrons. The van der Waals surface area contributed by atoms with Crippen LogP contribution in [0.3, 0.4) is 0 Å². The van der Waals surface area contributed by atoms with Gasteiger partial charge in [-0.05, 0) is 73.4 Å². The van der Waals surface area contributed by atoms with E-state index < -0.39 is 0 Å². The van der Waals surface area contributed by atoms with Gasteiger partial charge in [0.25, 0.3) is 11.8 Å². The zero-order chi connectivity index (χ0) is 35.0. The molecule has 5 aromatic rings. The number of hydrogen-bond donors (Lipinski definition) is 1. The summed E-state index contributed by atoms with van der Waals surface area (Å²) in [6.45, 7) is 7.16. The number of benzene rings is 3. The quantitative estimate of drug-likeness (QED) is 0.189. The van der Waals surface area contributed by atoms with Crippen molar-refractivity contribution in [1.29, 1.82) is 0 Å². The molecule has 0 unspecified atom stereocenters. The Labute approximate surface area is 298 Å². The second kappa shape index (κ2) is 16.1. The van der Waals surface area contributed by atoms with Gasteiger partial charge in [-0.15, -0.1) is 5.10 Å². The average Bonchev–Trinajstić information content (AvgIpc) is 3.66. The number of aromatic nitrogens is 4. The van der Waals surface area contributed by atoms with Gasteiger partial charge in [-0.2, -0.15) is 0 Å². The van der Waals surface area contributed by atoms with E-state index >= 15 is 0 Å². The third-order valence-corrected chi connectivity index (χ3v) is 9.60. The normalized spacial score (nSPS) is 15.0. The van der Waals surface area contributed by atoms with Crippen LogP contribution >= 0.6 is 0 Å². The van der Waals surface area contributed by atoms with E-state index in [4.69, 9.17) is 9.72 Å². The molecule has 3 aromatic carbocycles. The van der Waals surface area contributed by atoms with E-state index in [1.54, 1.807) is 42.4 Å². The number of carbonyl (C=O) groups is 2. The molecular formula is C40H44N8O3. The largest absolute Gasteiger partial charge is 0.379 e. The highest BCUT2D eigenvalue weighted by Crippen LogP contribution is 2.34. The van der Waals surface area contributed by atoms with E-state index in [0.717, 1.165) is 86.9 Å². The number of amides is 2. The summed E-state index contributed by atoms with van der Waals surface area (Å²) in [6, 6.07) is 27.1. The van der Waals surface area contributed by atoms with Crippen molar-refractivity contribution < 1.29 is 14.3 Å². The van der Waals surface area contributed by atoms with E-state index in [1.807, 2.05) is 47.3 Å². The highest BCUT2D eigenvalue weighted by atomic mass is 16.5. The van der Waals surface area contributed by atoms with E-state index in [0.29, 0.717) is 35.6 Å². The van der Waals surface area contributed by atoms with Crippen molar-refractivity contribution in [3.63, 3.8) is 0 Å². The molecule has 2 aliphatic rings. The summed E-state index contributed by atoms with van der Waals surface area (Å²) in [5.74, 6) is -0.418. The van der Waals surface area contributed by atoms with Crippen LogP contribution in [0, 0.1) is 0 Å². The highest BCUT2D eigenvalue weighted by molar-refractivity contribution is 6.08. The van der Waals surface area contributed by atoms with Crippen LogP contribution in [0.15, 0.2) is 97.3 Å². The lowest BCUT2D eigenvalue weighted by Gasteiger charge is -2.29. The second-order valence-electron chi connectivity index (χ2n) is 13.2. The van der Waals surface area contributed by atoms with Crippen molar-refractivity contribution in [1.82, 2.24) is 29.8 Å². The number of nitrogens with one attached hydrogen (secondary N) is 1. The molecule has 11 nitrogen and oxygen atoms in total. The number of piperidine rings is 1. The maximum atomic E-state index is 13.8. The maximum Gasteiger partial charge on any atom is 0.255 e. The first-order valence-electron chi connectivity index (χ1n) is 17.8. The van der Waals surface area contributed by atoms with E-state index in [1.165, 1.54) is 6.42 Å². The molecule has 7 rings (SSSR count). The number of morpholine rings is 1. The van der Waals surface area contributed by atoms with Crippen molar-refractivity contribution >= 4 is 23.2 Å². The molecule has 4 heterocycles. The topological polar surface area (TPSA) is 109 Å². The van der Waals surface area contributed by atoms with Gasteiger partial charge >= 0.3 is 0 Å². The summed E-state index contributed by atoms with van der Waals surface area (Å²) in [5, 5.41) is 12.0. The summed E-state index contributed by atoms with van der Waals surface area (Å²) in [7, 11) is 1.80. The number of carbonyl (C=O) groups excluding carboxylic acids is 2. The average molecular weight is 685 g/mol. The Hall–Kier alpha value is -5.39. The molecule has 0 radical (unpaired) electrons. The summed E-state index contributed by atoms with van der Waals surface area (Å²) < 4.78 is 7.26. The van der Waals surface area contributed by atoms with Crippen LogP contribution in [0.5, 0.6) is 0 Å². The van der Waals surface area contributed by atoms with Gasteiger partial charge in [0.15, 0.2) is 0 Å². The molecule has 2 amide bonds. The number of nitrogens with zero attached hydrogens (tertiary/aromatic N) is 7. The van der Waals surface area contributed by atoms with Gasteiger partial charge in [-0.25, -0.2) is 4.68 Å². The molecule has 0 bridgehead atoms. The molecule has 2 aliphatic heterocycles. The first-order chi connectivity index (χ1) is 25.0. The van der Waals surface area contributed by atoms with Crippen LogP contribution in [0.4, 0.5) is 11.4 Å². The fourth-order valence-electron chi connectivity index (χ4n) is 6.64. The van der Waals surface area contributed by atoms with Crippen LogP contribution in [0.25, 0.3) is 22.5 Å². The molecule has 1 N–H and O–H groups in total. The Morgan fingerprint density at radius 3 is 2.47 bits per heavy atom. The molecule has 11 heteroatoms. The van der Waals surface area contributed by atoms with Crippen molar-refractivity contribution in [2.24, 2.45) is 0 Å².